The van der Waals surface area contributed by atoms with E-state index in [4.69, 9.17) is 4.74 Å². The number of nitrogens with one attached hydrogen (secondary N) is 2. The number of aliphatic hydroxyl groups excluding tert-OH is 1. The lowest BCUT2D eigenvalue weighted by molar-refractivity contribution is -0.148. The Balaban J connectivity index is 1.30. The lowest BCUT2D eigenvalue weighted by atomic mass is 9.97. The Morgan fingerprint density at radius 2 is 1.64 bits per heavy atom. The van der Waals surface area contributed by atoms with Crippen LogP contribution in [0.25, 0.3) is 10.8 Å². The molecule has 4 aromatic carbocycles. The normalized spacial score (nSPS) is 17.0. The molecule has 1 fully saturated rings. The van der Waals surface area contributed by atoms with E-state index >= 15 is 0 Å². The first-order valence-electron chi connectivity index (χ1n) is 15.0. The maximum atomic E-state index is 13.9. The molecule has 0 radical (unpaired) electrons. The van der Waals surface area contributed by atoms with Crippen LogP contribution in [0.4, 0.5) is 0 Å². The summed E-state index contributed by atoms with van der Waals surface area (Å²) >= 11 is 1.48. The molecule has 1 aliphatic heterocycles. The number of aliphatic hydroxyl groups is 1. The molecule has 5 rings (SSSR count). The number of carbonyl (C=O) groups excluding carboxylic acids is 3. The molecule has 3 atom stereocenters. The van der Waals surface area contributed by atoms with Crippen LogP contribution in [0.2, 0.25) is 0 Å². The molecule has 0 bridgehead atoms. The highest BCUT2D eigenvalue weighted by Crippen LogP contribution is 2.40. The third kappa shape index (κ3) is 7.67. The quantitative estimate of drug-likeness (QED) is 0.225. The summed E-state index contributed by atoms with van der Waals surface area (Å²) in [5.74, 6) is -0.572. The Morgan fingerprint density at radius 1 is 0.956 bits per heavy atom. The topological polar surface area (TPSA) is 108 Å². The van der Waals surface area contributed by atoms with Crippen molar-refractivity contribution < 1.29 is 24.2 Å². The van der Waals surface area contributed by atoms with E-state index in [1.165, 1.54) is 16.7 Å². The molecule has 0 unspecified atom stereocenters. The predicted molar refractivity (Wildman–Crippen MR) is 178 cm³/mol. The minimum atomic E-state index is -1.59. The van der Waals surface area contributed by atoms with Crippen LogP contribution in [-0.4, -0.2) is 63.1 Å². The van der Waals surface area contributed by atoms with Gasteiger partial charge in [0.15, 0.2) is 12.7 Å². The SMILES string of the molecule is Cc1ccccc1CNC(=O)[C@H]1N(C(=O)[C@@H](O)[C@H](Cc2ccccc2)NC(=O)COc2cccc3ccccc23)CSC1(C)C. The second-order valence-corrected chi connectivity index (χ2v) is 13.4. The molecule has 1 saturated heterocycles. The van der Waals surface area contributed by atoms with Gasteiger partial charge in [-0.1, -0.05) is 91.0 Å². The van der Waals surface area contributed by atoms with Crippen LogP contribution in [0.5, 0.6) is 5.75 Å². The van der Waals surface area contributed by atoms with Gasteiger partial charge in [-0.2, -0.15) is 0 Å². The van der Waals surface area contributed by atoms with Crippen molar-refractivity contribution in [3.63, 3.8) is 0 Å². The molecule has 8 nitrogen and oxygen atoms in total. The summed E-state index contributed by atoms with van der Waals surface area (Å²) in [4.78, 5) is 42.1. The van der Waals surface area contributed by atoms with Gasteiger partial charge in [-0.3, -0.25) is 14.4 Å². The molecule has 234 valence electrons. The number of rotatable bonds is 11. The summed E-state index contributed by atoms with van der Waals surface area (Å²) < 4.78 is 5.29. The van der Waals surface area contributed by atoms with Gasteiger partial charge >= 0.3 is 0 Å². The fraction of sp³-hybridized carbons (Fsp3) is 0.306. The second-order valence-electron chi connectivity index (χ2n) is 11.8. The first-order valence-corrected chi connectivity index (χ1v) is 16.0. The van der Waals surface area contributed by atoms with Crippen molar-refractivity contribution in [1.82, 2.24) is 15.5 Å². The van der Waals surface area contributed by atoms with E-state index in [-0.39, 0.29) is 24.8 Å². The van der Waals surface area contributed by atoms with Crippen molar-refractivity contribution in [2.75, 3.05) is 12.5 Å². The smallest absolute Gasteiger partial charge is 0.258 e. The fourth-order valence-electron chi connectivity index (χ4n) is 5.67. The molecule has 0 aliphatic carbocycles. The van der Waals surface area contributed by atoms with Crippen molar-refractivity contribution >= 4 is 40.3 Å². The molecule has 1 heterocycles. The highest BCUT2D eigenvalue weighted by Gasteiger charge is 2.49. The van der Waals surface area contributed by atoms with Gasteiger partial charge in [-0.05, 0) is 55.3 Å². The maximum absolute atomic E-state index is 13.9. The average Bonchev–Trinajstić information content (AvgIpc) is 3.37. The van der Waals surface area contributed by atoms with Crippen LogP contribution >= 0.6 is 11.8 Å². The number of thioether (sulfide) groups is 1. The molecule has 3 N–H and O–H groups in total. The summed E-state index contributed by atoms with van der Waals surface area (Å²) in [6.45, 7) is 5.86. The van der Waals surface area contributed by atoms with E-state index < -0.39 is 34.7 Å². The number of hydrogen-bond acceptors (Lipinski definition) is 6. The fourth-order valence-corrected chi connectivity index (χ4v) is 6.81. The lowest BCUT2D eigenvalue weighted by Gasteiger charge is -2.33. The van der Waals surface area contributed by atoms with Gasteiger partial charge in [-0.25, -0.2) is 0 Å². The molecule has 3 amide bonds. The monoisotopic (exact) mass is 625 g/mol. The van der Waals surface area contributed by atoms with Gasteiger partial charge in [0, 0.05) is 16.7 Å². The molecule has 1 aliphatic rings. The second kappa shape index (κ2) is 14.2. The van der Waals surface area contributed by atoms with Crippen molar-refractivity contribution in [2.24, 2.45) is 0 Å². The largest absolute Gasteiger partial charge is 0.483 e. The third-order valence-corrected chi connectivity index (χ3v) is 9.55. The van der Waals surface area contributed by atoms with E-state index in [1.807, 2.05) is 112 Å². The highest BCUT2D eigenvalue weighted by molar-refractivity contribution is 8.00. The third-order valence-electron chi connectivity index (χ3n) is 8.18. The Bertz CT molecular complexity index is 1660. The van der Waals surface area contributed by atoms with Gasteiger partial charge in [-0.15, -0.1) is 11.8 Å². The highest BCUT2D eigenvalue weighted by atomic mass is 32.2. The molecule has 9 heteroatoms. The predicted octanol–water partition coefficient (Wildman–Crippen LogP) is 4.61. The molecular formula is C36H39N3O5S. The summed E-state index contributed by atoms with van der Waals surface area (Å²) in [6.07, 6.45) is -1.38. The Labute approximate surface area is 268 Å². The van der Waals surface area contributed by atoms with E-state index in [1.54, 1.807) is 6.07 Å². The number of amides is 3. The van der Waals surface area contributed by atoms with Crippen molar-refractivity contribution in [1.29, 1.82) is 0 Å². The van der Waals surface area contributed by atoms with Crippen LogP contribution < -0.4 is 15.4 Å². The van der Waals surface area contributed by atoms with E-state index in [0.29, 0.717) is 12.3 Å². The molecular weight excluding hydrogens is 586 g/mol. The lowest BCUT2D eigenvalue weighted by Crippen LogP contribution is -2.59. The number of carbonyl (C=O) groups is 3. The van der Waals surface area contributed by atoms with Gasteiger partial charge in [0.2, 0.25) is 5.91 Å². The summed E-state index contributed by atoms with van der Waals surface area (Å²) in [5, 5.41) is 19.2. The number of benzene rings is 4. The van der Waals surface area contributed by atoms with Gasteiger partial charge in [0.1, 0.15) is 11.8 Å². The number of ether oxygens (including phenoxy) is 1. The number of hydrogen-bond donors (Lipinski definition) is 3. The number of aryl methyl sites for hydroxylation is 1. The van der Waals surface area contributed by atoms with E-state index in [9.17, 15) is 19.5 Å². The van der Waals surface area contributed by atoms with Crippen LogP contribution in [-0.2, 0) is 27.3 Å². The zero-order valence-electron chi connectivity index (χ0n) is 25.7. The van der Waals surface area contributed by atoms with Crippen LogP contribution in [0.1, 0.15) is 30.5 Å². The molecule has 0 aromatic heterocycles. The Morgan fingerprint density at radius 3 is 2.42 bits per heavy atom. The van der Waals surface area contributed by atoms with Crippen molar-refractivity contribution in [3.8, 4) is 5.75 Å². The zero-order chi connectivity index (χ0) is 32.0. The van der Waals surface area contributed by atoms with Crippen LogP contribution in [0.15, 0.2) is 97.1 Å². The Hall–Kier alpha value is -4.34. The molecule has 0 saturated carbocycles. The standard InChI is InChI=1S/C36H39N3O5S/c1-24-12-7-8-16-27(24)21-37-34(42)33-36(2,3)45-23-39(33)35(43)32(41)29(20-25-13-5-4-6-14-25)38-31(40)22-44-30-19-11-17-26-15-9-10-18-28(26)30/h4-19,29,32-33,41H,20-23H2,1-3H3,(H,37,42)(H,38,40)/t29-,32-,33+/m0/s1. The first kappa shape index (κ1) is 32.1. The Kier molecular flexibility index (Phi) is 10.1. The average molecular weight is 626 g/mol. The summed E-state index contributed by atoms with van der Waals surface area (Å²) in [7, 11) is 0. The summed E-state index contributed by atoms with van der Waals surface area (Å²) in [6, 6.07) is 28.7. The van der Waals surface area contributed by atoms with E-state index in [2.05, 4.69) is 10.6 Å². The van der Waals surface area contributed by atoms with Crippen LogP contribution in [0, 0.1) is 6.92 Å². The number of nitrogens with zero attached hydrogens (tertiary/aromatic N) is 1. The van der Waals surface area contributed by atoms with Crippen molar-refractivity contribution in [3.05, 3.63) is 114 Å². The van der Waals surface area contributed by atoms with Crippen molar-refractivity contribution in [2.45, 2.75) is 56.7 Å². The summed E-state index contributed by atoms with van der Waals surface area (Å²) in [5.41, 5.74) is 2.89. The first-order chi connectivity index (χ1) is 21.6. The zero-order valence-corrected chi connectivity index (χ0v) is 26.6. The van der Waals surface area contributed by atoms with Gasteiger partial charge in [0.25, 0.3) is 11.8 Å². The van der Waals surface area contributed by atoms with E-state index in [0.717, 1.165) is 27.5 Å². The van der Waals surface area contributed by atoms with Crippen LogP contribution in [0.3, 0.4) is 0 Å². The molecule has 4 aromatic rings. The van der Waals surface area contributed by atoms with Gasteiger partial charge in [0.05, 0.1) is 11.9 Å². The minimum absolute atomic E-state index is 0.211. The minimum Gasteiger partial charge on any atom is -0.483 e. The number of fused-ring (bicyclic) bond motifs is 1. The maximum Gasteiger partial charge on any atom is 0.258 e. The van der Waals surface area contributed by atoms with Gasteiger partial charge < -0.3 is 25.4 Å². The molecule has 0 spiro atoms. The molecule has 45 heavy (non-hydrogen) atoms.